The first-order valence-corrected chi connectivity index (χ1v) is 5.41. The van der Waals surface area contributed by atoms with E-state index in [4.69, 9.17) is 4.42 Å². The lowest BCUT2D eigenvalue weighted by Crippen LogP contribution is -1.96. The average molecular weight is 276 g/mol. The van der Waals surface area contributed by atoms with Crippen LogP contribution in [-0.2, 0) is 0 Å². The van der Waals surface area contributed by atoms with Crippen molar-refractivity contribution in [3.05, 3.63) is 61.5 Å². The summed E-state index contributed by atoms with van der Waals surface area (Å²) in [5.74, 6) is -0.188. The molecule has 0 spiro atoms. The van der Waals surface area contributed by atoms with Crippen molar-refractivity contribution in [1.29, 1.82) is 0 Å². The highest BCUT2D eigenvalue weighted by Gasteiger charge is 2.16. The molecule has 0 N–H and O–H groups in total. The van der Waals surface area contributed by atoms with Crippen LogP contribution in [0.3, 0.4) is 0 Å². The summed E-state index contributed by atoms with van der Waals surface area (Å²) in [6, 6.07) is 2.59. The van der Waals surface area contributed by atoms with Gasteiger partial charge in [0.25, 0.3) is 5.70 Å². The van der Waals surface area contributed by atoms with Crippen LogP contribution in [0.2, 0.25) is 0 Å². The van der Waals surface area contributed by atoms with E-state index in [0.717, 1.165) is 0 Å². The number of nitrogens with zero attached hydrogens (tertiary/aromatic N) is 4. The quantitative estimate of drug-likeness (QED) is 0.462. The lowest BCUT2D eigenvalue weighted by atomic mass is 10.2. The molecule has 0 bridgehead atoms. The van der Waals surface area contributed by atoms with Gasteiger partial charge in [0.2, 0.25) is 0 Å². The Labute approximate surface area is 111 Å². The SMILES string of the molecule is O=[N+]([O-])C1=CC=C(/C=N/N=C/c2ccc([N+](=O)[O-])o2)C1. The third kappa shape index (κ3) is 3.22. The molecule has 1 aliphatic rings. The van der Waals surface area contributed by atoms with Crippen LogP contribution >= 0.6 is 0 Å². The van der Waals surface area contributed by atoms with E-state index in [9.17, 15) is 20.2 Å². The molecule has 0 saturated carbocycles. The number of hydrogen-bond acceptors (Lipinski definition) is 7. The molecular weight excluding hydrogens is 268 g/mol. The number of allylic oxidation sites excluding steroid dienone is 3. The Bertz CT molecular complexity index is 668. The molecule has 1 aromatic heterocycles. The van der Waals surface area contributed by atoms with Crippen LogP contribution in [0.15, 0.2) is 50.2 Å². The summed E-state index contributed by atoms with van der Waals surface area (Å²) in [6.45, 7) is 0. The molecule has 20 heavy (non-hydrogen) atoms. The van der Waals surface area contributed by atoms with Crippen molar-refractivity contribution < 1.29 is 14.3 Å². The van der Waals surface area contributed by atoms with E-state index in [2.05, 4.69) is 10.2 Å². The predicted molar refractivity (Wildman–Crippen MR) is 69.2 cm³/mol. The Balaban J connectivity index is 1.89. The summed E-state index contributed by atoms with van der Waals surface area (Å²) in [7, 11) is 0. The van der Waals surface area contributed by atoms with E-state index in [1.807, 2.05) is 0 Å². The van der Waals surface area contributed by atoms with Gasteiger partial charge in [-0.15, -0.1) is 0 Å². The summed E-state index contributed by atoms with van der Waals surface area (Å²) in [6.07, 6.45) is 5.76. The van der Waals surface area contributed by atoms with Gasteiger partial charge in [0, 0.05) is 6.08 Å². The van der Waals surface area contributed by atoms with Gasteiger partial charge in [0.1, 0.15) is 4.92 Å². The Kier molecular flexibility index (Phi) is 3.80. The van der Waals surface area contributed by atoms with E-state index in [1.165, 1.54) is 30.6 Å². The first-order valence-electron chi connectivity index (χ1n) is 5.41. The molecule has 1 aromatic rings. The molecule has 102 valence electrons. The van der Waals surface area contributed by atoms with Gasteiger partial charge in [-0.2, -0.15) is 10.2 Å². The highest BCUT2D eigenvalue weighted by molar-refractivity contribution is 5.82. The van der Waals surface area contributed by atoms with Crippen molar-refractivity contribution in [1.82, 2.24) is 0 Å². The van der Waals surface area contributed by atoms with E-state index >= 15 is 0 Å². The van der Waals surface area contributed by atoms with Crippen LogP contribution in [0.1, 0.15) is 12.2 Å². The monoisotopic (exact) mass is 276 g/mol. The standard InChI is InChI=1S/C11H8N4O5/c16-14(17)9-2-1-8(5-9)6-12-13-7-10-3-4-11(20-10)15(18)19/h1-4,6-7H,5H2/b12-6+,13-7+. The van der Waals surface area contributed by atoms with Crippen molar-refractivity contribution in [3.63, 3.8) is 0 Å². The van der Waals surface area contributed by atoms with Crippen molar-refractivity contribution >= 4 is 18.3 Å². The molecule has 2 rings (SSSR count). The third-order valence-electron chi connectivity index (χ3n) is 2.38. The number of nitro groups is 2. The van der Waals surface area contributed by atoms with Gasteiger partial charge in [-0.3, -0.25) is 20.2 Å². The van der Waals surface area contributed by atoms with Gasteiger partial charge >= 0.3 is 5.88 Å². The van der Waals surface area contributed by atoms with Crippen LogP contribution in [0.5, 0.6) is 0 Å². The van der Waals surface area contributed by atoms with Crippen molar-refractivity contribution in [2.75, 3.05) is 0 Å². The minimum absolute atomic E-state index is 0.0945. The molecule has 0 amide bonds. The van der Waals surface area contributed by atoms with Crippen LogP contribution in [0.4, 0.5) is 5.88 Å². The summed E-state index contributed by atoms with van der Waals surface area (Å²) in [5, 5.41) is 28.2. The van der Waals surface area contributed by atoms with Gasteiger partial charge in [0.15, 0.2) is 5.76 Å². The molecule has 0 aliphatic heterocycles. The number of rotatable bonds is 5. The van der Waals surface area contributed by atoms with E-state index in [-0.39, 0.29) is 23.8 Å². The maximum absolute atomic E-state index is 10.5. The fourth-order valence-corrected chi connectivity index (χ4v) is 1.45. The lowest BCUT2D eigenvalue weighted by Gasteiger charge is -1.90. The molecule has 0 unspecified atom stereocenters. The van der Waals surface area contributed by atoms with Gasteiger partial charge in [-0.25, -0.2) is 0 Å². The van der Waals surface area contributed by atoms with Gasteiger partial charge in [-0.05, 0) is 11.6 Å². The Hall–Kier alpha value is -3.10. The van der Waals surface area contributed by atoms with Crippen LogP contribution in [0.25, 0.3) is 0 Å². The van der Waals surface area contributed by atoms with Crippen molar-refractivity contribution in [2.24, 2.45) is 10.2 Å². The van der Waals surface area contributed by atoms with E-state index < -0.39 is 9.85 Å². The fourth-order valence-electron chi connectivity index (χ4n) is 1.45. The zero-order valence-corrected chi connectivity index (χ0v) is 10.0. The van der Waals surface area contributed by atoms with Crippen LogP contribution < -0.4 is 0 Å². The molecule has 0 saturated heterocycles. The Morgan fingerprint density at radius 3 is 2.45 bits per heavy atom. The second kappa shape index (κ2) is 5.69. The summed E-state index contributed by atoms with van der Waals surface area (Å²) < 4.78 is 4.83. The molecule has 0 radical (unpaired) electrons. The van der Waals surface area contributed by atoms with Crippen molar-refractivity contribution in [3.8, 4) is 0 Å². The van der Waals surface area contributed by atoms with Crippen LogP contribution in [-0.4, -0.2) is 22.3 Å². The zero-order chi connectivity index (χ0) is 14.5. The van der Waals surface area contributed by atoms with Gasteiger partial charge < -0.3 is 4.42 Å². The minimum Gasteiger partial charge on any atom is -0.400 e. The molecular formula is C11H8N4O5. The van der Waals surface area contributed by atoms with Crippen molar-refractivity contribution in [2.45, 2.75) is 6.42 Å². The highest BCUT2D eigenvalue weighted by atomic mass is 16.6. The normalized spacial score (nSPS) is 14.8. The summed E-state index contributed by atoms with van der Waals surface area (Å²) in [4.78, 5) is 19.7. The zero-order valence-electron chi connectivity index (χ0n) is 10.0. The number of hydrogen-bond donors (Lipinski definition) is 0. The largest absolute Gasteiger partial charge is 0.433 e. The van der Waals surface area contributed by atoms with E-state index in [0.29, 0.717) is 5.57 Å². The topological polar surface area (TPSA) is 124 Å². The minimum atomic E-state index is -0.658. The molecule has 9 heteroatoms. The maximum atomic E-state index is 10.5. The highest BCUT2D eigenvalue weighted by Crippen LogP contribution is 2.17. The predicted octanol–water partition coefficient (Wildman–Crippen LogP) is 2.08. The molecule has 0 aromatic carbocycles. The van der Waals surface area contributed by atoms with E-state index in [1.54, 1.807) is 6.08 Å². The molecule has 9 nitrogen and oxygen atoms in total. The first-order chi connectivity index (χ1) is 9.56. The summed E-state index contributed by atoms with van der Waals surface area (Å²) >= 11 is 0. The second-order valence-corrected chi connectivity index (χ2v) is 3.76. The van der Waals surface area contributed by atoms with Gasteiger partial charge in [0.05, 0.1) is 29.8 Å². The maximum Gasteiger partial charge on any atom is 0.433 e. The Morgan fingerprint density at radius 2 is 1.85 bits per heavy atom. The van der Waals surface area contributed by atoms with Gasteiger partial charge in [-0.1, -0.05) is 6.08 Å². The third-order valence-corrected chi connectivity index (χ3v) is 2.38. The molecule has 0 atom stereocenters. The second-order valence-electron chi connectivity index (χ2n) is 3.76. The fraction of sp³-hybridized carbons (Fsp3) is 0.0909. The first kappa shape index (κ1) is 13.3. The Morgan fingerprint density at radius 1 is 1.10 bits per heavy atom. The lowest BCUT2D eigenvalue weighted by molar-refractivity contribution is -0.426. The van der Waals surface area contributed by atoms with Crippen LogP contribution in [0, 0.1) is 20.2 Å². The molecule has 0 fully saturated rings. The molecule has 1 aliphatic carbocycles. The average Bonchev–Trinajstić information content (AvgIpc) is 3.04. The smallest absolute Gasteiger partial charge is 0.400 e. The summed E-state index contributed by atoms with van der Waals surface area (Å²) in [5.41, 5.74) is 0.747. The molecule has 1 heterocycles. The number of furan rings is 1.